The number of hydrogen-bond acceptors (Lipinski definition) is 4. The van der Waals surface area contributed by atoms with Crippen LogP contribution >= 0.6 is 23.2 Å². The van der Waals surface area contributed by atoms with Gasteiger partial charge in [-0.05, 0) is 38.4 Å². The highest BCUT2D eigenvalue weighted by atomic mass is 35.5. The average Bonchev–Trinajstić information content (AvgIpc) is 2.64. The van der Waals surface area contributed by atoms with Gasteiger partial charge in [0.15, 0.2) is 0 Å². The van der Waals surface area contributed by atoms with Crippen molar-refractivity contribution >= 4 is 35.0 Å². The van der Waals surface area contributed by atoms with E-state index >= 15 is 0 Å². The number of hydrogen-bond donors (Lipinski definition) is 2. The van der Waals surface area contributed by atoms with Gasteiger partial charge in [-0.25, -0.2) is 0 Å². The maximum Gasteiger partial charge on any atom is 0.253 e. The van der Waals surface area contributed by atoms with Crippen LogP contribution in [0.1, 0.15) is 30.1 Å². The van der Waals surface area contributed by atoms with Gasteiger partial charge in [-0.1, -0.05) is 29.3 Å². The van der Waals surface area contributed by atoms with Crippen LogP contribution in [0.5, 0.6) is 0 Å². The number of halogens is 2. The second kappa shape index (κ2) is 10.7. The van der Waals surface area contributed by atoms with Crippen molar-refractivity contribution in [2.75, 3.05) is 39.4 Å². The Morgan fingerprint density at radius 1 is 1.23 bits per heavy atom. The maximum absolute atomic E-state index is 12.2. The van der Waals surface area contributed by atoms with Crippen LogP contribution < -0.4 is 10.6 Å². The highest BCUT2D eigenvalue weighted by Gasteiger charge is 2.19. The van der Waals surface area contributed by atoms with Gasteiger partial charge in [-0.2, -0.15) is 0 Å². The van der Waals surface area contributed by atoms with Crippen molar-refractivity contribution in [1.29, 1.82) is 0 Å². The number of carbonyl (C=O) groups is 2. The normalized spacial score (nSPS) is 16.1. The number of amides is 2. The van der Waals surface area contributed by atoms with E-state index in [4.69, 9.17) is 27.9 Å². The van der Waals surface area contributed by atoms with Crippen molar-refractivity contribution in [3.05, 3.63) is 33.8 Å². The van der Waals surface area contributed by atoms with E-state index in [0.29, 0.717) is 11.6 Å². The van der Waals surface area contributed by atoms with Gasteiger partial charge < -0.3 is 15.4 Å². The summed E-state index contributed by atoms with van der Waals surface area (Å²) in [5.41, 5.74) is 0.254. The summed E-state index contributed by atoms with van der Waals surface area (Å²) in [7, 11) is 0. The molecule has 2 N–H and O–H groups in total. The summed E-state index contributed by atoms with van der Waals surface area (Å²) in [6.45, 7) is 6.78. The van der Waals surface area contributed by atoms with E-state index in [-0.39, 0.29) is 16.5 Å². The van der Waals surface area contributed by atoms with Crippen molar-refractivity contribution in [2.24, 2.45) is 0 Å². The molecule has 8 heteroatoms. The van der Waals surface area contributed by atoms with E-state index < -0.39 is 11.9 Å². The van der Waals surface area contributed by atoms with Crippen LogP contribution in [-0.4, -0.2) is 62.1 Å². The molecule has 144 valence electrons. The van der Waals surface area contributed by atoms with E-state index in [1.807, 2.05) is 0 Å². The Kier molecular flexibility index (Phi) is 8.65. The van der Waals surface area contributed by atoms with Crippen molar-refractivity contribution in [3.8, 4) is 0 Å². The second-order valence-corrected chi connectivity index (χ2v) is 7.03. The van der Waals surface area contributed by atoms with Gasteiger partial charge in [0.25, 0.3) is 5.91 Å². The first kappa shape index (κ1) is 21.0. The van der Waals surface area contributed by atoms with Gasteiger partial charge >= 0.3 is 0 Å². The van der Waals surface area contributed by atoms with E-state index in [1.165, 1.54) is 0 Å². The van der Waals surface area contributed by atoms with Crippen molar-refractivity contribution < 1.29 is 14.3 Å². The first-order valence-electron chi connectivity index (χ1n) is 8.81. The summed E-state index contributed by atoms with van der Waals surface area (Å²) in [5.74, 6) is -0.643. The zero-order chi connectivity index (χ0) is 18.9. The van der Waals surface area contributed by atoms with E-state index in [9.17, 15) is 9.59 Å². The summed E-state index contributed by atoms with van der Waals surface area (Å²) >= 11 is 11.9. The van der Waals surface area contributed by atoms with Gasteiger partial charge in [0.1, 0.15) is 6.04 Å². The second-order valence-electron chi connectivity index (χ2n) is 6.25. The Morgan fingerprint density at radius 3 is 2.69 bits per heavy atom. The number of rotatable bonds is 8. The molecule has 1 atom stereocenters. The average molecular weight is 402 g/mol. The van der Waals surface area contributed by atoms with Gasteiger partial charge in [-0.3, -0.25) is 14.5 Å². The SMILES string of the molecule is CC(NC(=O)c1cccc(Cl)c1Cl)C(=O)NCCCCN1CCOCC1. The first-order valence-corrected chi connectivity index (χ1v) is 9.57. The van der Waals surface area contributed by atoms with Gasteiger partial charge in [0, 0.05) is 19.6 Å². The number of ether oxygens (including phenoxy) is 1. The predicted molar refractivity (Wildman–Crippen MR) is 103 cm³/mol. The van der Waals surface area contributed by atoms with Gasteiger partial charge in [0.2, 0.25) is 5.91 Å². The van der Waals surface area contributed by atoms with Crippen LogP contribution in [0, 0.1) is 0 Å². The predicted octanol–water partition coefficient (Wildman–Crippen LogP) is 2.34. The molecule has 26 heavy (non-hydrogen) atoms. The molecule has 2 rings (SSSR count). The minimum Gasteiger partial charge on any atom is -0.379 e. The lowest BCUT2D eigenvalue weighted by Crippen LogP contribution is -2.45. The minimum atomic E-state index is -0.656. The lowest BCUT2D eigenvalue weighted by Gasteiger charge is -2.26. The number of carbonyl (C=O) groups excluding carboxylic acids is 2. The van der Waals surface area contributed by atoms with E-state index in [2.05, 4.69) is 15.5 Å². The Hall–Kier alpha value is -1.34. The third-order valence-corrected chi connectivity index (χ3v) is 5.06. The smallest absolute Gasteiger partial charge is 0.253 e. The van der Waals surface area contributed by atoms with Crippen molar-refractivity contribution in [3.63, 3.8) is 0 Å². The van der Waals surface area contributed by atoms with E-state index in [0.717, 1.165) is 45.7 Å². The fourth-order valence-corrected chi connectivity index (χ4v) is 3.06. The molecular weight excluding hydrogens is 377 g/mol. The molecule has 1 saturated heterocycles. The monoisotopic (exact) mass is 401 g/mol. The van der Waals surface area contributed by atoms with Crippen molar-refractivity contribution in [1.82, 2.24) is 15.5 Å². The Balaban J connectivity index is 1.66. The lowest BCUT2D eigenvalue weighted by atomic mass is 10.2. The minimum absolute atomic E-state index is 0.183. The lowest BCUT2D eigenvalue weighted by molar-refractivity contribution is -0.122. The first-order chi connectivity index (χ1) is 12.5. The molecule has 6 nitrogen and oxygen atoms in total. The molecule has 1 aromatic carbocycles. The molecule has 1 aliphatic heterocycles. The van der Waals surface area contributed by atoms with Crippen LogP contribution in [0.3, 0.4) is 0 Å². The summed E-state index contributed by atoms with van der Waals surface area (Å²) < 4.78 is 5.31. The number of nitrogens with zero attached hydrogens (tertiary/aromatic N) is 1. The van der Waals surface area contributed by atoms with Gasteiger partial charge in [0.05, 0.1) is 28.8 Å². The Morgan fingerprint density at radius 2 is 1.96 bits per heavy atom. The van der Waals surface area contributed by atoms with Crippen molar-refractivity contribution in [2.45, 2.75) is 25.8 Å². The molecule has 0 radical (unpaired) electrons. The van der Waals surface area contributed by atoms with Crippen LogP contribution in [0.4, 0.5) is 0 Å². The maximum atomic E-state index is 12.2. The number of unbranched alkanes of at least 4 members (excludes halogenated alkanes) is 1. The highest BCUT2D eigenvalue weighted by molar-refractivity contribution is 6.43. The molecule has 0 bridgehead atoms. The molecule has 2 amide bonds. The fraction of sp³-hybridized carbons (Fsp3) is 0.556. The van der Waals surface area contributed by atoms with Crippen LogP contribution in [0.2, 0.25) is 10.0 Å². The molecule has 0 saturated carbocycles. The molecule has 1 aromatic rings. The Bertz CT molecular complexity index is 622. The fourth-order valence-electron chi connectivity index (χ4n) is 2.67. The summed E-state index contributed by atoms with van der Waals surface area (Å²) in [6.07, 6.45) is 1.91. The zero-order valence-corrected chi connectivity index (χ0v) is 16.4. The van der Waals surface area contributed by atoms with Crippen LogP contribution in [-0.2, 0) is 9.53 Å². The topological polar surface area (TPSA) is 70.7 Å². The molecule has 1 heterocycles. The number of morpholine rings is 1. The highest BCUT2D eigenvalue weighted by Crippen LogP contribution is 2.25. The number of benzene rings is 1. The molecule has 0 aliphatic carbocycles. The zero-order valence-electron chi connectivity index (χ0n) is 14.9. The van der Waals surface area contributed by atoms with E-state index in [1.54, 1.807) is 25.1 Å². The number of nitrogens with one attached hydrogen (secondary N) is 2. The molecule has 1 fully saturated rings. The molecular formula is C18H25Cl2N3O3. The molecule has 1 aliphatic rings. The molecule has 1 unspecified atom stereocenters. The summed E-state index contributed by atoms with van der Waals surface area (Å²) in [4.78, 5) is 26.7. The largest absolute Gasteiger partial charge is 0.379 e. The quantitative estimate of drug-likeness (QED) is 0.655. The Labute approximate surface area is 164 Å². The standard InChI is InChI=1S/C18H25Cl2N3O3/c1-13(22-18(25)14-5-4-6-15(19)16(14)20)17(24)21-7-2-3-8-23-9-11-26-12-10-23/h4-6,13H,2-3,7-12H2,1H3,(H,21,24)(H,22,25). The van der Waals surface area contributed by atoms with Crippen LogP contribution in [0.15, 0.2) is 18.2 Å². The molecule has 0 spiro atoms. The third kappa shape index (κ3) is 6.43. The third-order valence-electron chi connectivity index (χ3n) is 4.24. The molecule has 0 aromatic heterocycles. The summed E-state index contributed by atoms with van der Waals surface area (Å²) in [6, 6.07) is 4.16. The summed E-state index contributed by atoms with van der Waals surface area (Å²) in [5, 5.41) is 5.97. The van der Waals surface area contributed by atoms with Crippen LogP contribution in [0.25, 0.3) is 0 Å². The van der Waals surface area contributed by atoms with Gasteiger partial charge in [-0.15, -0.1) is 0 Å².